The van der Waals surface area contributed by atoms with Crippen LogP contribution in [0.3, 0.4) is 0 Å². The predicted molar refractivity (Wildman–Crippen MR) is 68.2 cm³/mol. The fourth-order valence-electron chi connectivity index (χ4n) is 1.43. The van der Waals surface area contributed by atoms with E-state index < -0.39 is 0 Å². The van der Waals surface area contributed by atoms with E-state index >= 15 is 0 Å². The summed E-state index contributed by atoms with van der Waals surface area (Å²) in [6, 6.07) is 7.17. The second kappa shape index (κ2) is 4.50. The van der Waals surface area contributed by atoms with E-state index in [0.29, 0.717) is 16.3 Å². The van der Waals surface area contributed by atoms with E-state index in [9.17, 15) is 4.79 Å². The number of aromatic nitrogens is 2. The molecule has 0 saturated heterocycles. The maximum Gasteiger partial charge on any atom is 0.271 e. The Morgan fingerprint density at radius 3 is 2.82 bits per heavy atom. The Balaban J connectivity index is 2.30. The van der Waals surface area contributed by atoms with Gasteiger partial charge in [-0.1, -0.05) is 10.6 Å². The maximum absolute atomic E-state index is 12.2. The quantitative estimate of drug-likeness (QED) is 0.821. The molecule has 0 unspecified atom stereocenters. The normalized spacial score (nSPS) is 10.2. The molecule has 6 heteroatoms. The summed E-state index contributed by atoms with van der Waals surface area (Å²) in [6.07, 6.45) is 0. The summed E-state index contributed by atoms with van der Waals surface area (Å²) in [5.41, 5.74) is 7.71. The van der Waals surface area contributed by atoms with Crippen LogP contribution in [0.25, 0.3) is 0 Å². The molecule has 88 valence electrons. The molecule has 1 amide bonds. The van der Waals surface area contributed by atoms with Crippen LogP contribution in [0, 0.1) is 6.92 Å². The first-order valence-electron chi connectivity index (χ1n) is 5.02. The third kappa shape index (κ3) is 2.26. The summed E-state index contributed by atoms with van der Waals surface area (Å²) >= 11 is 1.10. The zero-order valence-corrected chi connectivity index (χ0v) is 10.4. The molecule has 0 bridgehead atoms. The van der Waals surface area contributed by atoms with Crippen LogP contribution in [0.4, 0.5) is 11.4 Å². The highest BCUT2D eigenvalue weighted by molar-refractivity contribution is 7.08. The van der Waals surface area contributed by atoms with Gasteiger partial charge >= 0.3 is 0 Å². The van der Waals surface area contributed by atoms with Gasteiger partial charge in [0.1, 0.15) is 4.88 Å². The van der Waals surface area contributed by atoms with E-state index in [1.54, 1.807) is 31.0 Å². The number of anilines is 2. The van der Waals surface area contributed by atoms with Gasteiger partial charge in [0.2, 0.25) is 0 Å². The minimum Gasteiger partial charge on any atom is -0.399 e. The number of nitrogens with zero attached hydrogens (tertiary/aromatic N) is 3. The SMILES string of the molecule is Cc1nnsc1C(=O)N(C)c1cccc(N)c1. The lowest BCUT2D eigenvalue weighted by Crippen LogP contribution is -2.26. The van der Waals surface area contributed by atoms with Crippen molar-refractivity contribution in [2.75, 3.05) is 17.7 Å². The van der Waals surface area contributed by atoms with Crippen molar-refractivity contribution >= 4 is 28.8 Å². The van der Waals surface area contributed by atoms with E-state index in [-0.39, 0.29) is 5.91 Å². The molecule has 17 heavy (non-hydrogen) atoms. The smallest absolute Gasteiger partial charge is 0.271 e. The Morgan fingerprint density at radius 1 is 1.47 bits per heavy atom. The van der Waals surface area contributed by atoms with E-state index in [0.717, 1.165) is 17.2 Å². The zero-order valence-electron chi connectivity index (χ0n) is 9.54. The van der Waals surface area contributed by atoms with Crippen LogP contribution in [0.1, 0.15) is 15.4 Å². The number of carbonyl (C=O) groups is 1. The minimum atomic E-state index is -0.122. The summed E-state index contributed by atoms with van der Waals surface area (Å²) in [7, 11) is 1.70. The number of hydrogen-bond donors (Lipinski definition) is 1. The Morgan fingerprint density at radius 2 is 2.24 bits per heavy atom. The van der Waals surface area contributed by atoms with Gasteiger partial charge in [0.05, 0.1) is 5.69 Å². The molecule has 0 saturated carbocycles. The van der Waals surface area contributed by atoms with E-state index in [4.69, 9.17) is 5.73 Å². The van der Waals surface area contributed by atoms with Crippen LogP contribution in [0.2, 0.25) is 0 Å². The van der Waals surface area contributed by atoms with Crippen molar-refractivity contribution in [3.8, 4) is 0 Å². The summed E-state index contributed by atoms with van der Waals surface area (Å²) in [4.78, 5) is 14.2. The molecule has 0 atom stereocenters. The molecule has 0 aliphatic heterocycles. The van der Waals surface area contributed by atoms with Crippen LogP contribution in [0.15, 0.2) is 24.3 Å². The highest BCUT2D eigenvalue weighted by atomic mass is 32.1. The number of amides is 1. The summed E-state index contributed by atoms with van der Waals surface area (Å²) in [6.45, 7) is 1.77. The first-order valence-corrected chi connectivity index (χ1v) is 5.79. The Bertz CT molecular complexity index is 552. The van der Waals surface area contributed by atoms with Crippen LogP contribution < -0.4 is 10.6 Å². The standard InChI is InChI=1S/C11H12N4OS/c1-7-10(17-14-13-7)11(16)15(2)9-5-3-4-8(12)6-9/h3-6H,12H2,1-2H3. The molecular weight excluding hydrogens is 236 g/mol. The van der Waals surface area contributed by atoms with Gasteiger partial charge < -0.3 is 10.6 Å². The molecule has 1 heterocycles. The second-order valence-electron chi connectivity index (χ2n) is 3.65. The van der Waals surface area contributed by atoms with Gasteiger partial charge in [-0.3, -0.25) is 4.79 Å². The summed E-state index contributed by atoms with van der Waals surface area (Å²) in [5.74, 6) is -0.122. The van der Waals surface area contributed by atoms with Crippen molar-refractivity contribution in [3.63, 3.8) is 0 Å². The lowest BCUT2D eigenvalue weighted by atomic mass is 10.2. The molecule has 0 spiro atoms. The highest BCUT2D eigenvalue weighted by Crippen LogP contribution is 2.20. The molecule has 1 aromatic heterocycles. The van der Waals surface area contributed by atoms with Gasteiger partial charge in [-0.15, -0.1) is 5.10 Å². The van der Waals surface area contributed by atoms with Crippen LogP contribution in [-0.2, 0) is 0 Å². The zero-order chi connectivity index (χ0) is 12.4. The van der Waals surface area contributed by atoms with Crippen molar-refractivity contribution in [2.24, 2.45) is 0 Å². The van der Waals surface area contributed by atoms with Gasteiger partial charge in [0.15, 0.2) is 0 Å². The maximum atomic E-state index is 12.2. The molecular formula is C11H12N4OS. The summed E-state index contributed by atoms with van der Waals surface area (Å²) in [5, 5.41) is 3.83. The van der Waals surface area contributed by atoms with Crippen LogP contribution in [-0.4, -0.2) is 22.5 Å². The molecule has 0 radical (unpaired) electrons. The Hall–Kier alpha value is -1.95. The number of benzene rings is 1. The number of hydrogen-bond acceptors (Lipinski definition) is 5. The molecule has 0 fully saturated rings. The molecule has 2 rings (SSSR count). The lowest BCUT2D eigenvalue weighted by molar-refractivity contribution is 0.0996. The molecule has 5 nitrogen and oxygen atoms in total. The van der Waals surface area contributed by atoms with Crippen molar-refractivity contribution in [2.45, 2.75) is 6.92 Å². The Labute approximate surface area is 103 Å². The van der Waals surface area contributed by atoms with Gasteiger partial charge in [0, 0.05) is 18.4 Å². The number of nitrogens with two attached hydrogens (primary N) is 1. The molecule has 0 aliphatic rings. The average molecular weight is 248 g/mol. The van der Waals surface area contributed by atoms with E-state index in [2.05, 4.69) is 9.59 Å². The van der Waals surface area contributed by atoms with Gasteiger partial charge in [0.25, 0.3) is 5.91 Å². The van der Waals surface area contributed by atoms with Crippen molar-refractivity contribution in [3.05, 3.63) is 34.8 Å². The second-order valence-corrected chi connectivity index (χ2v) is 4.40. The van der Waals surface area contributed by atoms with Crippen molar-refractivity contribution in [1.29, 1.82) is 0 Å². The molecule has 1 aromatic carbocycles. The highest BCUT2D eigenvalue weighted by Gasteiger charge is 2.18. The first kappa shape index (κ1) is 11.5. The van der Waals surface area contributed by atoms with Gasteiger partial charge in [-0.05, 0) is 36.7 Å². The average Bonchev–Trinajstić information content (AvgIpc) is 2.73. The Kier molecular flexibility index (Phi) is 3.06. The summed E-state index contributed by atoms with van der Waals surface area (Å²) < 4.78 is 3.76. The number of carbonyl (C=O) groups excluding carboxylic acids is 1. The lowest BCUT2D eigenvalue weighted by Gasteiger charge is -2.16. The number of rotatable bonds is 2. The third-order valence-electron chi connectivity index (χ3n) is 2.41. The fraction of sp³-hybridized carbons (Fsp3) is 0.182. The molecule has 2 N–H and O–H groups in total. The topological polar surface area (TPSA) is 72.1 Å². The molecule has 0 aliphatic carbocycles. The van der Waals surface area contributed by atoms with Crippen LogP contribution in [0.5, 0.6) is 0 Å². The minimum absolute atomic E-state index is 0.122. The predicted octanol–water partition coefficient (Wildman–Crippen LogP) is 1.71. The van der Waals surface area contributed by atoms with Crippen molar-refractivity contribution < 1.29 is 4.79 Å². The fourth-order valence-corrected chi connectivity index (χ4v) is 2.06. The van der Waals surface area contributed by atoms with Crippen LogP contribution >= 0.6 is 11.5 Å². The number of aryl methyl sites for hydroxylation is 1. The third-order valence-corrected chi connectivity index (χ3v) is 3.22. The largest absolute Gasteiger partial charge is 0.399 e. The van der Waals surface area contributed by atoms with Gasteiger partial charge in [-0.2, -0.15) is 0 Å². The van der Waals surface area contributed by atoms with E-state index in [1.807, 2.05) is 12.1 Å². The van der Waals surface area contributed by atoms with Crippen molar-refractivity contribution in [1.82, 2.24) is 9.59 Å². The molecule has 2 aromatic rings. The van der Waals surface area contributed by atoms with E-state index in [1.165, 1.54) is 0 Å². The number of nitrogen functional groups attached to an aromatic ring is 1. The first-order chi connectivity index (χ1) is 8.09. The monoisotopic (exact) mass is 248 g/mol. The van der Waals surface area contributed by atoms with Gasteiger partial charge in [-0.25, -0.2) is 0 Å².